The molecule has 0 radical (unpaired) electrons. The second-order valence-electron chi connectivity index (χ2n) is 6.20. The summed E-state index contributed by atoms with van der Waals surface area (Å²) in [6.07, 6.45) is 8.01. The van der Waals surface area contributed by atoms with E-state index in [2.05, 4.69) is 17.0 Å². The number of rotatable bonds is 5. The summed E-state index contributed by atoms with van der Waals surface area (Å²) in [5.74, 6) is 0.698. The molecular weight excluding hydrogens is 248 g/mol. The maximum atomic E-state index is 12.1. The first kappa shape index (κ1) is 14.3. The van der Waals surface area contributed by atoms with Crippen LogP contribution in [0.5, 0.6) is 0 Å². The normalized spacial score (nSPS) is 30.7. The van der Waals surface area contributed by atoms with Gasteiger partial charge in [-0.2, -0.15) is 0 Å². The summed E-state index contributed by atoms with van der Waals surface area (Å²) in [6, 6.07) is 0. The predicted octanol–water partition coefficient (Wildman–Crippen LogP) is 1.63. The topological polar surface area (TPSA) is 58.2 Å². The summed E-state index contributed by atoms with van der Waals surface area (Å²) in [7, 11) is -3.10. The zero-order valence-corrected chi connectivity index (χ0v) is 12.2. The Balaban J connectivity index is 1.79. The molecule has 2 fully saturated rings. The lowest BCUT2D eigenvalue weighted by molar-refractivity contribution is 0.379. The Bertz CT molecular complexity index is 355. The van der Waals surface area contributed by atoms with Gasteiger partial charge in [-0.1, -0.05) is 19.3 Å². The molecule has 4 nitrogen and oxygen atoms in total. The highest BCUT2D eigenvalue weighted by Gasteiger charge is 2.30. The highest BCUT2D eigenvalue weighted by molar-refractivity contribution is 7.89. The van der Waals surface area contributed by atoms with Gasteiger partial charge in [0.2, 0.25) is 10.0 Å². The first-order valence-corrected chi connectivity index (χ1v) is 8.87. The SMILES string of the molecule is CC1(CNS(=O)(=O)CC2CCCCC2)CCCN1. The van der Waals surface area contributed by atoms with Crippen LogP contribution in [0.4, 0.5) is 0 Å². The molecule has 0 aromatic rings. The van der Waals surface area contributed by atoms with Crippen LogP contribution in [0.3, 0.4) is 0 Å². The highest BCUT2D eigenvalue weighted by Crippen LogP contribution is 2.25. The van der Waals surface area contributed by atoms with Crippen LogP contribution in [0.25, 0.3) is 0 Å². The van der Waals surface area contributed by atoms with E-state index in [0.717, 1.165) is 32.2 Å². The van der Waals surface area contributed by atoms with Gasteiger partial charge < -0.3 is 5.32 Å². The molecule has 1 saturated carbocycles. The van der Waals surface area contributed by atoms with Crippen LogP contribution in [0.2, 0.25) is 0 Å². The van der Waals surface area contributed by atoms with Gasteiger partial charge in [0.1, 0.15) is 0 Å². The third-order valence-electron chi connectivity index (χ3n) is 4.32. The summed E-state index contributed by atoms with van der Waals surface area (Å²) in [4.78, 5) is 0. The molecule has 1 aliphatic heterocycles. The van der Waals surface area contributed by atoms with Gasteiger partial charge in [0.25, 0.3) is 0 Å². The fraction of sp³-hybridized carbons (Fsp3) is 1.00. The average Bonchev–Trinajstić information content (AvgIpc) is 2.76. The lowest BCUT2D eigenvalue weighted by Crippen LogP contribution is -2.48. The fourth-order valence-electron chi connectivity index (χ4n) is 3.10. The van der Waals surface area contributed by atoms with Crippen LogP contribution in [0.15, 0.2) is 0 Å². The van der Waals surface area contributed by atoms with E-state index in [1.807, 2.05) is 0 Å². The lowest BCUT2D eigenvalue weighted by atomic mass is 9.91. The third-order valence-corrected chi connectivity index (χ3v) is 5.81. The minimum absolute atomic E-state index is 0.0420. The summed E-state index contributed by atoms with van der Waals surface area (Å²) in [5, 5.41) is 3.38. The van der Waals surface area contributed by atoms with Gasteiger partial charge in [0.15, 0.2) is 0 Å². The Morgan fingerprint density at radius 3 is 2.56 bits per heavy atom. The Morgan fingerprint density at radius 2 is 1.94 bits per heavy atom. The van der Waals surface area contributed by atoms with E-state index < -0.39 is 10.0 Å². The van der Waals surface area contributed by atoms with Crippen LogP contribution in [0.1, 0.15) is 51.9 Å². The zero-order valence-electron chi connectivity index (χ0n) is 11.4. The molecule has 1 atom stereocenters. The molecule has 106 valence electrons. The van der Waals surface area contributed by atoms with Crippen LogP contribution in [-0.4, -0.2) is 32.8 Å². The maximum Gasteiger partial charge on any atom is 0.211 e. The second kappa shape index (κ2) is 5.88. The Morgan fingerprint density at radius 1 is 1.22 bits per heavy atom. The third kappa shape index (κ3) is 4.21. The van der Waals surface area contributed by atoms with Crippen molar-refractivity contribution >= 4 is 10.0 Å². The molecule has 5 heteroatoms. The molecule has 0 bridgehead atoms. The fourth-order valence-corrected chi connectivity index (χ4v) is 4.71. The van der Waals surface area contributed by atoms with Crippen LogP contribution in [0, 0.1) is 5.92 Å². The summed E-state index contributed by atoms with van der Waals surface area (Å²) in [5.41, 5.74) is -0.0420. The Kier molecular flexibility index (Phi) is 4.67. The van der Waals surface area contributed by atoms with E-state index in [1.54, 1.807) is 0 Å². The van der Waals surface area contributed by atoms with Crippen molar-refractivity contribution in [1.29, 1.82) is 0 Å². The van der Waals surface area contributed by atoms with E-state index in [9.17, 15) is 8.42 Å². The van der Waals surface area contributed by atoms with Crippen LogP contribution < -0.4 is 10.0 Å². The largest absolute Gasteiger partial charge is 0.310 e. The first-order chi connectivity index (χ1) is 8.49. The average molecular weight is 274 g/mol. The van der Waals surface area contributed by atoms with Crippen LogP contribution in [-0.2, 0) is 10.0 Å². The molecule has 18 heavy (non-hydrogen) atoms. The van der Waals surface area contributed by atoms with Crippen molar-refractivity contribution < 1.29 is 8.42 Å². The Hall–Kier alpha value is -0.130. The molecule has 1 heterocycles. The Labute approximate surface area is 111 Å². The molecule has 2 aliphatic rings. The first-order valence-electron chi connectivity index (χ1n) is 7.22. The quantitative estimate of drug-likeness (QED) is 0.801. The second-order valence-corrected chi connectivity index (χ2v) is 8.05. The van der Waals surface area contributed by atoms with Gasteiger partial charge in [-0.15, -0.1) is 0 Å². The van der Waals surface area contributed by atoms with Crippen molar-refractivity contribution in [3.63, 3.8) is 0 Å². The monoisotopic (exact) mass is 274 g/mol. The summed E-state index contributed by atoms with van der Waals surface area (Å²) < 4.78 is 26.9. The number of sulfonamides is 1. The molecule has 0 spiro atoms. The van der Waals surface area contributed by atoms with Crippen LogP contribution >= 0.6 is 0 Å². The molecule has 2 rings (SSSR count). The highest BCUT2D eigenvalue weighted by atomic mass is 32.2. The molecule has 0 amide bonds. The van der Waals surface area contributed by atoms with Gasteiger partial charge in [0.05, 0.1) is 5.75 Å². The van der Waals surface area contributed by atoms with E-state index in [1.165, 1.54) is 19.3 Å². The maximum absolute atomic E-state index is 12.1. The van der Waals surface area contributed by atoms with Crippen molar-refractivity contribution in [2.24, 2.45) is 5.92 Å². The smallest absolute Gasteiger partial charge is 0.211 e. The van der Waals surface area contributed by atoms with Gasteiger partial charge in [-0.05, 0) is 45.1 Å². The van der Waals surface area contributed by atoms with Crippen molar-refractivity contribution in [3.05, 3.63) is 0 Å². The molecule has 1 saturated heterocycles. The molecule has 0 aromatic carbocycles. The van der Waals surface area contributed by atoms with Crippen molar-refractivity contribution in [2.75, 3.05) is 18.8 Å². The minimum atomic E-state index is -3.10. The number of hydrogen-bond acceptors (Lipinski definition) is 3. The molecular formula is C13H26N2O2S. The number of nitrogens with one attached hydrogen (secondary N) is 2. The molecule has 1 aliphatic carbocycles. The lowest BCUT2D eigenvalue weighted by Gasteiger charge is -2.26. The zero-order chi connectivity index (χ0) is 13.1. The van der Waals surface area contributed by atoms with E-state index in [0.29, 0.717) is 18.2 Å². The van der Waals surface area contributed by atoms with E-state index >= 15 is 0 Å². The minimum Gasteiger partial charge on any atom is -0.310 e. The summed E-state index contributed by atoms with van der Waals surface area (Å²) in [6.45, 7) is 3.63. The van der Waals surface area contributed by atoms with Gasteiger partial charge >= 0.3 is 0 Å². The number of hydrogen-bond donors (Lipinski definition) is 2. The van der Waals surface area contributed by atoms with Gasteiger partial charge in [0, 0.05) is 12.1 Å². The predicted molar refractivity (Wildman–Crippen MR) is 74.0 cm³/mol. The van der Waals surface area contributed by atoms with E-state index in [-0.39, 0.29) is 5.54 Å². The van der Waals surface area contributed by atoms with Crippen molar-refractivity contribution in [2.45, 2.75) is 57.4 Å². The van der Waals surface area contributed by atoms with Gasteiger partial charge in [-0.3, -0.25) is 0 Å². The molecule has 1 unspecified atom stereocenters. The standard InChI is InChI=1S/C13H26N2O2S/c1-13(8-5-9-14-13)11-15-18(16,17)10-12-6-3-2-4-7-12/h12,14-15H,2-11H2,1H3. The van der Waals surface area contributed by atoms with Crippen molar-refractivity contribution in [1.82, 2.24) is 10.0 Å². The summed E-state index contributed by atoms with van der Waals surface area (Å²) >= 11 is 0. The molecule has 0 aromatic heterocycles. The molecule has 2 N–H and O–H groups in total. The van der Waals surface area contributed by atoms with E-state index in [4.69, 9.17) is 0 Å². The van der Waals surface area contributed by atoms with Crippen molar-refractivity contribution in [3.8, 4) is 0 Å². The van der Waals surface area contributed by atoms with Gasteiger partial charge in [-0.25, -0.2) is 13.1 Å².